The van der Waals surface area contributed by atoms with E-state index >= 15 is 0 Å². The van der Waals surface area contributed by atoms with Crippen molar-refractivity contribution >= 4 is 50.8 Å². The van der Waals surface area contributed by atoms with Crippen LogP contribution in [0.4, 0.5) is 17.2 Å². The number of benzene rings is 2. The molecule has 0 spiro atoms. The van der Waals surface area contributed by atoms with E-state index in [0.29, 0.717) is 16.5 Å². The molecule has 0 saturated heterocycles. The number of nitrogens with two attached hydrogens (primary N) is 1. The van der Waals surface area contributed by atoms with Gasteiger partial charge in [-0.05, 0) is 24.3 Å². The highest BCUT2D eigenvalue weighted by Crippen LogP contribution is 2.37. The first-order valence-electron chi connectivity index (χ1n) is 9.02. The van der Waals surface area contributed by atoms with Crippen LogP contribution in [0.15, 0.2) is 89.3 Å². The summed E-state index contributed by atoms with van der Waals surface area (Å²) >= 11 is 1.48. The Balaban J connectivity index is 1.52. The van der Waals surface area contributed by atoms with Crippen LogP contribution < -0.4 is 11.1 Å². The average Bonchev–Trinajstić information content (AvgIpc) is 2.77. The largest absolute Gasteiger partial charge is 0.394 e. The Kier molecular flexibility index (Phi) is 4.42. The Morgan fingerprint density at radius 1 is 0.724 bits per heavy atom. The van der Waals surface area contributed by atoms with Gasteiger partial charge in [-0.2, -0.15) is 0 Å². The third-order valence-electron chi connectivity index (χ3n) is 4.54. The fourth-order valence-electron chi connectivity index (χ4n) is 3.16. The lowest BCUT2D eigenvalue weighted by molar-refractivity contribution is 1.06. The van der Waals surface area contributed by atoms with E-state index in [4.69, 9.17) is 5.73 Å². The number of para-hydroxylation sites is 2. The molecule has 29 heavy (non-hydrogen) atoms. The maximum Gasteiger partial charge on any atom is 0.158 e. The zero-order valence-corrected chi connectivity index (χ0v) is 16.1. The van der Waals surface area contributed by atoms with E-state index in [-0.39, 0.29) is 0 Å². The van der Waals surface area contributed by atoms with E-state index in [2.05, 4.69) is 25.3 Å². The first-order chi connectivity index (χ1) is 14.3. The van der Waals surface area contributed by atoms with Crippen LogP contribution in [0.1, 0.15) is 0 Å². The van der Waals surface area contributed by atoms with Gasteiger partial charge in [0.05, 0.1) is 16.7 Å². The van der Waals surface area contributed by atoms with Gasteiger partial charge in [0.15, 0.2) is 5.82 Å². The maximum atomic E-state index is 6.42. The number of hydrogen-bond donors (Lipinski definition) is 2. The Labute approximate surface area is 171 Å². The minimum atomic E-state index is 0.485. The number of fused-ring (bicyclic) bond motifs is 2. The molecule has 0 aliphatic rings. The van der Waals surface area contributed by atoms with Gasteiger partial charge >= 0.3 is 0 Å². The Morgan fingerprint density at radius 2 is 1.41 bits per heavy atom. The fourth-order valence-corrected chi connectivity index (χ4v) is 4.08. The average molecular weight is 396 g/mol. The summed E-state index contributed by atoms with van der Waals surface area (Å²) in [7, 11) is 0. The number of pyridine rings is 2. The van der Waals surface area contributed by atoms with Gasteiger partial charge in [-0.3, -0.25) is 9.97 Å². The number of hydrogen-bond acceptors (Lipinski definition) is 7. The molecule has 0 aliphatic heterocycles. The van der Waals surface area contributed by atoms with Crippen LogP contribution in [0.25, 0.3) is 21.8 Å². The SMILES string of the molecule is Nc1c(Nc2cccc3cccnc23)ncnc1Sc1cccc2cccnc12. The van der Waals surface area contributed by atoms with Crippen molar-refractivity contribution in [3.63, 3.8) is 0 Å². The zero-order chi connectivity index (χ0) is 19.6. The first kappa shape index (κ1) is 17.4. The lowest BCUT2D eigenvalue weighted by atomic mass is 10.2. The van der Waals surface area contributed by atoms with Gasteiger partial charge in [0, 0.05) is 28.1 Å². The molecule has 0 unspecified atom stereocenters. The second-order valence-corrected chi connectivity index (χ2v) is 7.41. The summed E-state index contributed by atoms with van der Waals surface area (Å²) in [6, 6.07) is 19.9. The van der Waals surface area contributed by atoms with Crippen LogP contribution in [0, 0.1) is 0 Å². The number of nitrogens with zero attached hydrogens (tertiary/aromatic N) is 4. The summed E-state index contributed by atoms with van der Waals surface area (Å²) in [5.74, 6) is 0.550. The standard InChI is InChI=1S/C22H16N6S/c23-18-21(28-16-9-1-5-14-7-3-11-24-19(14)16)26-13-27-22(18)29-17-10-2-6-15-8-4-12-25-20(15)17/h1-13H,23H2,(H,26,27,28). The molecule has 5 aromatic rings. The maximum absolute atomic E-state index is 6.42. The lowest BCUT2D eigenvalue weighted by Gasteiger charge is -2.12. The van der Waals surface area contributed by atoms with Crippen LogP contribution >= 0.6 is 11.8 Å². The molecule has 3 heterocycles. The van der Waals surface area contributed by atoms with E-state index in [1.165, 1.54) is 18.1 Å². The summed E-state index contributed by atoms with van der Waals surface area (Å²) in [6.07, 6.45) is 5.07. The molecule has 0 radical (unpaired) electrons. The molecule has 5 rings (SSSR count). The number of anilines is 3. The summed E-state index contributed by atoms with van der Waals surface area (Å²) in [6.45, 7) is 0. The molecule has 6 nitrogen and oxygen atoms in total. The molecular weight excluding hydrogens is 380 g/mol. The van der Waals surface area contributed by atoms with Crippen LogP contribution in [0.2, 0.25) is 0 Å². The molecule has 0 amide bonds. The van der Waals surface area contributed by atoms with Crippen LogP contribution in [-0.4, -0.2) is 19.9 Å². The molecule has 0 atom stereocenters. The number of rotatable bonds is 4. The zero-order valence-electron chi connectivity index (χ0n) is 15.3. The molecule has 0 bridgehead atoms. The molecule has 0 fully saturated rings. The van der Waals surface area contributed by atoms with Gasteiger partial charge in [-0.1, -0.05) is 48.2 Å². The summed E-state index contributed by atoms with van der Waals surface area (Å²) in [4.78, 5) is 18.7. The second kappa shape index (κ2) is 7.37. The summed E-state index contributed by atoms with van der Waals surface area (Å²) in [5.41, 5.74) is 9.53. The van der Waals surface area contributed by atoms with Gasteiger partial charge in [-0.15, -0.1) is 0 Å². The number of nitrogen functional groups attached to an aromatic ring is 1. The molecule has 0 saturated carbocycles. The van der Waals surface area contributed by atoms with Crippen LogP contribution in [0.5, 0.6) is 0 Å². The molecule has 2 aromatic carbocycles. The van der Waals surface area contributed by atoms with Crippen molar-refractivity contribution in [3.05, 3.63) is 79.4 Å². The van der Waals surface area contributed by atoms with Crippen molar-refractivity contribution in [2.45, 2.75) is 9.92 Å². The molecule has 140 valence electrons. The summed E-state index contributed by atoms with van der Waals surface area (Å²) < 4.78 is 0. The first-order valence-corrected chi connectivity index (χ1v) is 9.84. The Hall–Kier alpha value is -3.71. The minimum Gasteiger partial charge on any atom is -0.394 e. The molecule has 7 heteroatoms. The molecular formula is C22H16N6S. The van der Waals surface area contributed by atoms with Crippen molar-refractivity contribution in [3.8, 4) is 0 Å². The van der Waals surface area contributed by atoms with E-state index in [9.17, 15) is 0 Å². The minimum absolute atomic E-state index is 0.485. The van der Waals surface area contributed by atoms with Crippen molar-refractivity contribution in [1.82, 2.24) is 19.9 Å². The molecule has 0 aliphatic carbocycles. The smallest absolute Gasteiger partial charge is 0.158 e. The summed E-state index contributed by atoms with van der Waals surface area (Å²) in [5, 5.41) is 6.10. The van der Waals surface area contributed by atoms with Gasteiger partial charge in [0.2, 0.25) is 0 Å². The molecule has 3 N–H and O–H groups in total. The van der Waals surface area contributed by atoms with Gasteiger partial charge in [0.1, 0.15) is 17.0 Å². The number of nitrogens with one attached hydrogen (secondary N) is 1. The van der Waals surface area contributed by atoms with Crippen molar-refractivity contribution in [2.75, 3.05) is 11.1 Å². The predicted octanol–water partition coefficient (Wildman–Crippen LogP) is 5.05. The van der Waals surface area contributed by atoms with E-state index < -0.39 is 0 Å². The normalized spacial score (nSPS) is 11.0. The third-order valence-corrected chi connectivity index (χ3v) is 5.60. The number of aromatic nitrogens is 4. The molecule has 3 aromatic heterocycles. The van der Waals surface area contributed by atoms with Crippen molar-refractivity contribution in [2.24, 2.45) is 0 Å². The topological polar surface area (TPSA) is 89.6 Å². The van der Waals surface area contributed by atoms with Crippen molar-refractivity contribution in [1.29, 1.82) is 0 Å². The second-order valence-electron chi connectivity index (χ2n) is 6.38. The monoisotopic (exact) mass is 396 g/mol. The van der Waals surface area contributed by atoms with Crippen LogP contribution in [0.3, 0.4) is 0 Å². The van der Waals surface area contributed by atoms with Gasteiger partial charge < -0.3 is 11.1 Å². The Bertz CT molecular complexity index is 1230. The fraction of sp³-hybridized carbons (Fsp3) is 0. The highest BCUT2D eigenvalue weighted by molar-refractivity contribution is 7.99. The third kappa shape index (κ3) is 3.32. The Morgan fingerprint density at radius 3 is 2.24 bits per heavy atom. The highest BCUT2D eigenvalue weighted by atomic mass is 32.2. The van der Waals surface area contributed by atoms with E-state index in [0.717, 1.165) is 32.4 Å². The van der Waals surface area contributed by atoms with Gasteiger partial charge in [0.25, 0.3) is 0 Å². The highest BCUT2D eigenvalue weighted by Gasteiger charge is 2.13. The van der Waals surface area contributed by atoms with Crippen molar-refractivity contribution < 1.29 is 0 Å². The quantitative estimate of drug-likeness (QED) is 0.411. The lowest BCUT2D eigenvalue weighted by Crippen LogP contribution is -2.03. The van der Waals surface area contributed by atoms with E-state index in [1.54, 1.807) is 12.4 Å². The van der Waals surface area contributed by atoms with Gasteiger partial charge in [-0.25, -0.2) is 9.97 Å². The predicted molar refractivity (Wildman–Crippen MR) is 117 cm³/mol. The van der Waals surface area contributed by atoms with Crippen LogP contribution in [-0.2, 0) is 0 Å². The van der Waals surface area contributed by atoms with E-state index in [1.807, 2.05) is 60.7 Å².